The van der Waals surface area contributed by atoms with Gasteiger partial charge in [0.2, 0.25) is 0 Å². The van der Waals surface area contributed by atoms with Crippen LogP contribution >= 0.6 is 24.0 Å². The topological polar surface area (TPSA) is 74.8 Å². The largest absolute Gasteiger partial charge is 0.482 e. The lowest BCUT2D eigenvalue weighted by atomic mass is 10.2. The first-order valence-corrected chi connectivity index (χ1v) is 5.43. The molecule has 0 saturated carbocycles. The Bertz CT molecular complexity index is 504. The first-order chi connectivity index (χ1) is 8.31. The van der Waals surface area contributed by atoms with Gasteiger partial charge in [-0.2, -0.15) is 0 Å². The van der Waals surface area contributed by atoms with Gasteiger partial charge in [-0.15, -0.1) is 24.0 Å². The Morgan fingerprint density at radius 3 is 3.06 bits per heavy atom. The summed E-state index contributed by atoms with van der Waals surface area (Å²) in [5.74, 6) is 1.32. The van der Waals surface area contributed by atoms with E-state index in [1.54, 1.807) is 0 Å². The average Bonchev–Trinajstić information content (AvgIpc) is 2.82. The number of fused-ring (bicyclic) bond motifs is 1. The number of hydrogen-bond donors (Lipinski definition) is 3. The smallest absolute Gasteiger partial charge is 0.262 e. The number of amides is 1. The minimum atomic E-state index is -0.125. The maximum atomic E-state index is 11.1. The van der Waals surface area contributed by atoms with Gasteiger partial charge < -0.3 is 20.7 Å². The number of rotatable bonds is 1. The maximum absolute atomic E-state index is 11.1. The molecule has 1 amide bonds. The van der Waals surface area contributed by atoms with Crippen LogP contribution in [0.4, 0.5) is 11.4 Å². The summed E-state index contributed by atoms with van der Waals surface area (Å²) >= 11 is 0. The molecule has 2 heterocycles. The molecule has 96 valence electrons. The number of ether oxygens (including phenoxy) is 1. The highest BCUT2D eigenvalue weighted by Crippen LogP contribution is 2.30. The fourth-order valence-electron chi connectivity index (χ4n) is 1.77. The van der Waals surface area contributed by atoms with E-state index in [0.717, 1.165) is 24.7 Å². The molecule has 0 fully saturated rings. The molecule has 0 spiro atoms. The molecule has 1 aromatic rings. The fourth-order valence-corrected chi connectivity index (χ4v) is 1.77. The van der Waals surface area contributed by atoms with Crippen LogP contribution in [0.5, 0.6) is 5.75 Å². The molecular formula is C11H13IN4O2. The lowest BCUT2D eigenvalue weighted by Crippen LogP contribution is -2.27. The van der Waals surface area contributed by atoms with Crippen molar-refractivity contribution >= 4 is 47.2 Å². The van der Waals surface area contributed by atoms with Crippen LogP contribution in [0.3, 0.4) is 0 Å². The Balaban J connectivity index is 0.00000120. The minimum absolute atomic E-state index is 0. The Hall–Kier alpha value is -1.51. The lowest BCUT2D eigenvalue weighted by molar-refractivity contribution is -0.118. The van der Waals surface area contributed by atoms with Crippen LogP contribution < -0.4 is 20.7 Å². The predicted molar refractivity (Wildman–Crippen MR) is 79.9 cm³/mol. The summed E-state index contributed by atoms with van der Waals surface area (Å²) in [5.41, 5.74) is 1.58. The molecule has 0 unspecified atom stereocenters. The lowest BCUT2D eigenvalue weighted by Gasteiger charge is -2.18. The van der Waals surface area contributed by atoms with Crippen molar-refractivity contribution in [3.8, 4) is 5.75 Å². The second kappa shape index (κ2) is 5.42. The van der Waals surface area contributed by atoms with Crippen molar-refractivity contribution < 1.29 is 9.53 Å². The van der Waals surface area contributed by atoms with E-state index in [2.05, 4.69) is 20.9 Å². The van der Waals surface area contributed by atoms with Gasteiger partial charge in [-0.3, -0.25) is 9.79 Å². The number of guanidine groups is 1. The molecule has 0 bridgehead atoms. The van der Waals surface area contributed by atoms with Crippen LogP contribution in [0.25, 0.3) is 0 Å². The van der Waals surface area contributed by atoms with Crippen LogP contribution in [0.15, 0.2) is 23.2 Å². The van der Waals surface area contributed by atoms with Crippen molar-refractivity contribution in [2.75, 3.05) is 30.3 Å². The summed E-state index contributed by atoms with van der Waals surface area (Å²) in [6.45, 7) is 1.72. The van der Waals surface area contributed by atoms with Gasteiger partial charge in [0.25, 0.3) is 5.91 Å². The molecule has 2 aliphatic heterocycles. The van der Waals surface area contributed by atoms with Crippen LogP contribution in [0.2, 0.25) is 0 Å². The summed E-state index contributed by atoms with van der Waals surface area (Å²) in [5, 5.41) is 9.01. The van der Waals surface area contributed by atoms with Crippen LogP contribution in [0.1, 0.15) is 0 Å². The zero-order valence-electron chi connectivity index (χ0n) is 9.53. The van der Waals surface area contributed by atoms with Gasteiger partial charge in [-0.1, -0.05) is 0 Å². The predicted octanol–water partition coefficient (Wildman–Crippen LogP) is 1.01. The molecule has 7 heteroatoms. The first-order valence-electron chi connectivity index (χ1n) is 5.43. The van der Waals surface area contributed by atoms with Crippen molar-refractivity contribution in [1.29, 1.82) is 0 Å². The second-order valence-corrected chi connectivity index (χ2v) is 3.83. The molecule has 1 aromatic carbocycles. The molecular weight excluding hydrogens is 347 g/mol. The van der Waals surface area contributed by atoms with Crippen LogP contribution in [-0.4, -0.2) is 31.6 Å². The highest BCUT2D eigenvalue weighted by atomic mass is 127. The standard InChI is InChI=1S/C11H12N4O2.HI/c16-10-6-17-9-5-7(1-2-8(9)15-10)14-11-12-3-4-13-11;/h1-2,5H,3-4,6H2,(H,15,16)(H2,12,13,14);1H. The number of nitrogens with one attached hydrogen (secondary N) is 3. The van der Waals surface area contributed by atoms with E-state index in [9.17, 15) is 4.79 Å². The normalized spacial score (nSPS) is 16.4. The summed E-state index contributed by atoms with van der Waals surface area (Å²) in [7, 11) is 0. The van der Waals surface area contributed by atoms with Crippen molar-refractivity contribution in [2.45, 2.75) is 0 Å². The fraction of sp³-hybridized carbons (Fsp3) is 0.273. The van der Waals surface area contributed by atoms with E-state index in [-0.39, 0.29) is 36.5 Å². The number of carbonyl (C=O) groups excluding carboxylic acids is 1. The number of anilines is 2. The van der Waals surface area contributed by atoms with E-state index in [1.165, 1.54) is 0 Å². The highest BCUT2D eigenvalue weighted by molar-refractivity contribution is 14.0. The quantitative estimate of drug-likeness (QED) is 0.654. The summed E-state index contributed by atoms with van der Waals surface area (Å²) < 4.78 is 5.33. The number of carbonyl (C=O) groups is 1. The van der Waals surface area contributed by atoms with Crippen LogP contribution in [-0.2, 0) is 4.79 Å². The van der Waals surface area contributed by atoms with Gasteiger partial charge in [-0.25, -0.2) is 0 Å². The van der Waals surface area contributed by atoms with Gasteiger partial charge in [0.1, 0.15) is 5.75 Å². The van der Waals surface area contributed by atoms with Crippen molar-refractivity contribution in [3.05, 3.63) is 18.2 Å². The summed E-state index contributed by atoms with van der Waals surface area (Å²) in [4.78, 5) is 15.3. The van der Waals surface area contributed by atoms with Gasteiger partial charge in [-0.05, 0) is 12.1 Å². The molecule has 0 aliphatic carbocycles. The number of halogens is 1. The average molecular weight is 360 g/mol. The molecule has 2 aliphatic rings. The number of hydrogen-bond acceptors (Lipinski definition) is 5. The van der Waals surface area contributed by atoms with E-state index < -0.39 is 0 Å². The molecule has 6 nitrogen and oxygen atoms in total. The molecule has 0 aromatic heterocycles. The second-order valence-electron chi connectivity index (χ2n) is 3.83. The first kappa shape index (κ1) is 12.9. The number of nitrogens with zero attached hydrogens (tertiary/aromatic N) is 1. The zero-order chi connectivity index (χ0) is 11.7. The Morgan fingerprint density at radius 2 is 2.28 bits per heavy atom. The number of benzene rings is 1. The molecule has 18 heavy (non-hydrogen) atoms. The van der Waals surface area contributed by atoms with Gasteiger partial charge >= 0.3 is 0 Å². The van der Waals surface area contributed by atoms with Crippen molar-refractivity contribution in [2.24, 2.45) is 4.99 Å². The molecule has 0 saturated heterocycles. The van der Waals surface area contributed by atoms with Crippen LogP contribution in [0, 0.1) is 0 Å². The van der Waals surface area contributed by atoms with Gasteiger partial charge in [0, 0.05) is 18.3 Å². The van der Waals surface area contributed by atoms with Crippen molar-refractivity contribution in [1.82, 2.24) is 5.32 Å². The minimum Gasteiger partial charge on any atom is -0.482 e. The van der Waals surface area contributed by atoms with Gasteiger partial charge in [0.15, 0.2) is 12.6 Å². The van der Waals surface area contributed by atoms with Gasteiger partial charge in [0.05, 0.1) is 12.2 Å². The third-order valence-electron chi connectivity index (χ3n) is 2.55. The number of aliphatic imine (C=N–C) groups is 1. The summed E-state index contributed by atoms with van der Waals surface area (Å²) in [6.07, 6.45) is 0. The van der Waals surface area contributed by atoms with E-state index in [4.69, 9.17) is 4.74 Å². The van der Waals surface area contributed by atoms with E-state index >= 15 is 0 Å². The summed E-state index contributed by atoms with van der Waals surface area (Å²) in [6, 6.07) is 5.53. The monoisotopic (exact) mass is 360 g/mol. The zero-order valence-corrected chi connectivity index (χ0v) is 11.9. The third-order valence-corrected chi connectivity index (χ3v) is 2.55. The Morgan fingerprint density at radius 1 is 1.39 bits per heavy atom. The molecule has 3 rings (SSSR count). The van der Waals surface area contributed by atoms with E-state index in [0.29, 0.717) is 11.4 Å². The third kappa shape index (κ3) is 2.66. The van der Waals surface area contributed by atoms with E-state index in [1.807, 2.05) is 18.2 Å². The Kier molecular flexibility index (Phi) is 3.90. The maximum Gasteiger partial charge on any atom is 0.262 e. The van der Waals surface area contributed by atoms with Crippen molar-refractivity contribution in [3.63, 3.8) is 0 Å². The molecule has 0 radical (unpaired) electrons. The molecule has 0 atom stereocenters. The molecule has 3 N–H and O–H groups in total. The highest BCUT2D eigenvalue weighted by Gasteiger charge is 2.16. The Labute approximate surface area is 121 Å². The SMILES string of the molecule is I.O=C1COc2cc(NC3=NCCN3)ccc2N1.